The van der Waals surface area contributed by atoms with Crippen LogP contribution in [0.2, 0.25) is 0 Å². The number of hydrogen-bond acceptors (Lipinski definition) is 1. The Hall–Kier alpha value is -0.300. The predicted octanol–water partition coefficient (Wildman–Crippen LogP) is 6.24. The van der Waals surface area contributed by atoms with E-state index in [1.54, 1.807) is 0 Å². The largest absolute Gasteiger partial charge is 0.314 e. The van der Waals surface area contributed by atoms with E-state index in [9.17, 15) is 0 Å². The maximum Gasteiger partial charge on any atom is 0.0104 e. The minimum Gasteiger partial charge on any atom is -0.314 e. The van der Waals surface area contributed by atoms with Crippen LogP contribution in [0.15, 0.2) is 12.2 Å². The lowest BCUT2D eigenvalue weighted by Gasteiger charge is -2.18. The van der Waals surface area contributed by atoms with Gasteiger partial charge in [0.25, 0.3) is 0 Å². The topological polar surface area (TPSA) is 12.0 Å². The molecule has 1 atom stereocenters. The van der Waals surface area contributed by atoms with Crippen LogP contribution in [0.4, 0.5) is 0 Å². The molecule has 0 aliphatic rings. The summed E-state index contributed by atoms with van der Waals surface area (Å²) in [5, 5.41) is 3.67. The fraction of sp³-hybridized carbons (Fsp3) is 0.895. The van der Waals surface area contributed by atoms with Crippen molar-refractivity contribution >= 4 is 0 Å². The first-order valence-corrected chi connectivity index (χ1v) is 9.08. The van der Waals surface area contributed by atoms with Crippen LogP contribution in [0.25, 0.3) is 0 Å². The minimum atomic E-state index is 0.664. The summed E-state index contributed by atoms with van der Waals surface area (Å²) in [6, 6.07) is 0.664. The molecule has 1 heteroatoms. The molecule has 0 spiro atoms. The van der Waals surface area contributed by atoms with Crippen molar-refractivity contribution in [2.45, 2.75) is 104 Å². The number of rotatable bonds is 15. The first-order valence-electron chi connectivity index (χ1n) is 9.08. The van der Waals surface area contributed by atoms with Crippen molar-refractivity contribution in [2.24, 2.45) is 0 Å². The van der Waals surface area contributed by atoms with E-state index in [1.165, 1.54) is 76.2 Å². The lowest BCUT2D eigenvalue weighted by atomic mass is 10.0. The second-order valence-electron chi connectivity index (χ2n) is 6.43. The van der Waals surface area contributed by atoms with Gasteiger partial charge in [-0.25, -0.2) is 0 Å². The number of hydrogen-bond donors (Lipinski definition) is 1. The molecule has 0 saturated heterocycles. The van der Waals surface area contributed by atoms with Gasteiger partial charge >= 0.3 is 0 Å². The Bertz CT molecular complexity index is 210. The lowest BCUT2D eigenvalue weighted by molar-refractivity contribution is 0.448. The Labute approximate surface area is 128 Å². The summed E-state index contributed by atoms with van der Waals surface area (Å²) >= 11 is 0. The van der Waals surface area contributed by atoms with Gasteiger partial charge in [-0.15, -0.1) is 6.58 Å². The highest BCUT2D eigenvalue weighted by Crippen LogP contribution is 2.14. The zero-order chi connectivity index (χ0) is 15.1. The van der Waals surface area contributed by atoms with Gasteiger partial charge in [-0.1, -0.05) is 77.2 Å². The molecule has 1 unspecified atom stereocenters. The maximum atomic E-state index is 4.06. The van der Waals surface area contributed by atoms with Crippen molar-refractivity contribution in [2.75, 3.05) is 6.54 Å². The van der Waals surface area contributed by atoms with Gasteiger partial charge in [0.1, 0.15) is 0 Å². The normalized spacial score (nSPS) is 12.6. The molecule has 0 heterocycles. The molecule has 0 aromatic rings. The summed E-state index contributed by atoms with van der Waals surface area (Å²) in [7, 11) is 0. The minimum absolute atomic E-state index is 0.664. The van der Waals surface area contributed by atoms with Crippen molar-refractivity contribution in [1.82, 2.24) is 5.32 Å². The SMILES string of the molecule is C=C(C)CC(CCCCCCCCCCC)NCCC. The summed E-state index contributed by atoms with van der Waals surface area (Å²) in [5.74, 6) is 0. The van der Waals surface area contributed by atoms with Gasteiger partial charge in [0, 0.05) is 6.04 Å². The third kappa shape index (κ3) is 14.1. The van der Waals surface area contributed by atoms with Crippen molar-refractivity contribution in [3.05, 3.63) is 12.2 Å². The molecule has 0 rings (SSSR count). The first-order chi connectivity index (χ1) is 9.70. The molecule has 0 amide bonds. The Morgan fingerprint density at radius 3 is 1.90 bits per heavy atom. The van der Waals surface area contributed by atoms with Gasteiger partial charge in [-0.05, 0) is 32.7 Å². The van der Waals surface area contributed by atoms with Crippen molar-refractivity contribution in [3.8, 4) is 0 Å². The average Bonchev–Trinajstić information content (AvgIpc) is 2.42. The summed E-state index contributed by atoms with van der Waals surface area (Å²) in [6.45, 7) is 11.9. The molecule has 1 N–H and O–H groups in total. The molecule has 1 nitrogen and oxygen atoms in total. The van der Waals surface area contributed by atoms with Gasteiger partial charge in [-0.2, -0.15) is 0 Å². The van der Waals surface area contributed by atoms with E-state index in [4.69, 9.17) is 0 Å². The zero-order valence-corrected chi connectivity index (χ0v) is 14.5. The summed E-state index contributed by atoms with van der Waals surface area (Å²) < 4.78 is 0. The fourth-order valence-corrected chi connectivity index (χ4v) is 2.75. The molecule has 0 radical (unpaired) electrons. The molecule has 0 aliphatic carbocycles. The molecule has 0 fully saturated rings. The average molecular weight is 282 g/mol. The monoisotopic (exact) mass is 281 g/mol. The van der Waals surface area contributed by atoms with Gasteiger partial charge in [0.15, 0.2) is 0 Å². The van der Waals surface area contributed by atoms with Gasteiger partial charge in [0.2, 0.25) is 0 Å². The van der Waals surface area contributed by atoms with E-state index < -0.39 is 0 Å². The quantitative estimate of drug-likeness (QED) is 0.277. The lowest BCUT2D eigenvalue weighted by Crippen LogP contribution is -2.29. The molecule has 0 aromatic carbocycles. The number of unbranched alkanes of at least 4 members (excludes halogenated alkanes) is 8. The van der Waals surface area contributed by atoms with Crippen molar-refractivity contribution in [1.29, 1.82) is 0 Å². The van der Waals surface area contributed by atoms with Crippen LogP contribution >= 0.6 is 0 Å². The van der Waals surface area contributed by atoms with Crippen molar-refractivity contribution < 1.29 is 0 Å². The van der Waals surface area contributed by atoms with E-state index in [-0.39, 0.29) is 0 Å². The van der Waals surface area contributed by atoms with Crippen LogP contribution in [0.3, 0.4) is 0 Å². The highest BCUT2D eigenvalue weighted by Gasteiger charge is 2.07. The highest BCUT2D eigenvalue weighted by atomic mass is 14.9. The predicted molar refractivity (Wildman–Crippen MR) is 93.4 cm³/mol. The van der Waals surface area contributed by atoms with E-state index in [1.807, 2.05) is 0 Å². The van der Waals surface area contributed by atoms with E-state index in [0.29, 0.717) is 6.04 Å². The third-order valence-electron chi connectivity index (χ3n) is 3.93. The Morgan fingerprint density at radius 2 is 1.40 bits per heavy atom. The molecule has 0 aliphatic heterocycles. The summed E-state index contributed by atoms with van der Waals surface area (Å²) in [5.41, 5.74) is 1.31. The second kappa shape index (κ2) is 15.1. The molecular formula is C19H39N. The number of nitrogens with one attached hydrogen (secondary N) is 1. The standard InChI is InChI=1S/C19H39N/c1-5-7-8-9-10-11-12-13-14-15-19(17-18(3)4)20-16-6-2/h19-20H,3,5-17H2,1-2,4H3. The molecule has 20 heavy (non-hydrogen) atoms. The Balaban J connectivity index is 3.45. The molecule has 0 bridgehead atoms. The molecule has 120 valence electrons. The fourth-order valence-electron chi connectivity index (χ4n) is 2.75. The van der Waals surface area contributed by atoms with Crippen LogP contribution in [0.1, 0.15) is 97.8 Å². The first kappa shape index (κ1) is 19.7. The molecule has 0 saturated carbocycles. The van der Waals surface area contributed by atoms with Gasteiger partial charge < -0.3 is 5.32 Å². The smallest absolute Gasteiger partial charge is 0.0104 e. The Morgan fingerprint density at radius 1 is 0.850 bits per heavy atom. The third-order valence-corrected chi connectivity index (χ3v) is 3.93. The van der Waals surface area contributed by atoms with Gasteiger partial charge in [-0.3, -0.25) is 0 Å². The van der Waals surface area contributed by atoms with E-state index in [2.05, 4.69) is 32.7 Å². The van der Waals surface area contributed by atoms with Gasteiger partial charge in [0.05, 0.1) is 0 Å². The van der Waals surface area contributed by atoms with Crippen LogP contribution in [0, 0.1) is 0 Å². The Kier molecular flexibility index (Phi) is 14.9. The zero-order valence-electron chi connectivity index (χ0n) is 14.5. The van der Waals surface area contributed by atoms with Crippen LogP contribution in [0.5, 0.6) is 0 Å². The summed E-state index contributed by atoms with van der Waals surface area (Å²) in [4.78, 5) is 0. The van der Waals surface area contributed by atoms with E-state index >= 15 is 0 Å². The van der Waals surface area contributed by atoms with Crippen LogP contribution < -0.4 is 5.32 Å². The molecule has 0 aromatic heterocycles. The molecular weight excluding hydrogens is 242 g/mol. The summed E-state index contributed by atoms with van der Waals surface area (Å²) in [6.07, 6.45) is 16.5. The van der Waals surface area contributed by atoms with Crippen molar-refractivity contribution in [3.63, 3.8) is 0 Å². The second-order valence-corrected chi connectivity index (χ2v) is 6.43. The highest BCUT2D eigenvalue weighted by molar-refractivity contribution is 4.92. The van der Waals surface area contributed by atoms with E-state index in [0.717, 1.165) is 13.0 Å². The maximum absolute atomic E-state index is 4.06. The van der Waals surface area contributed by atoms with Crippen LogP contribution in [-0.4, -0.2) is 12.6 Å². The van der Waals surface area contributed by atoms with Crippen LogP contribution in [-0.2, 0) is 0 Å².